The van der Waals surface area contributed by atoms with Crippen LogP contribution in [0.2, 0.25) is 0 Å². The van der Waals surface area contributed by atoms with E-state index >= 15 is 0 Å². The van der Waals surface area contributed by atoms with Gasteiger partial charge in [0, 0.05) is 25.0 Å². The van der Waals surface area contributed by atoms with Crippen LogP contribution in [0, 0.1) is 19.9 Å². The quantitative estimate of drug-likeness (QED) is 0.719. The summed E-state index contributed by atoms with van der Waals surface area (Å²) >= 11 is 0. The Labute approximate surface area is 125 Å². The van der Waals surface area contributed by atoms with Crippen LogP contribution in [0.3, 0.4) is 0 Å². The Morgan fingerprint density at radius 2 is 1.67 bits per heavy atom. The molecule has 1 radical (unpaired) electrons. The van der Waals surface area contributed by atoms with Crippen LogP contribution in [-0.2, 0) is 0 Å². The van der Waals surface area contributed by atoms with Crippen LogP contribution >= 0.6 is 0 Å². The highest BCUT2D eigenvalue weighted by Gasteiger charge is 2.09. The first-order valence-corrected chi connectivity index (χ1v) is 6.99. The van der Waals surface area contributed by atoms with E-state index in [4.69, 9.17) is 0 Å². The molecule has 2 aromatic carbocycles. The lowest BCUT2D eigenvalue weighted by molar-refractivity contribution is 0.872. The maximum absolute atomic E-state index is 4.65. The van der Waals surface area contributed by atoms with Gasteiger partial charge in [-0.2, -0.15) is 0 Å². The molecule has 0 N–H and O–H groups in total. The van der Waals surface area contributed by atoms with Gasteiger partial charge in [-0.1, -0.05) is 18.2 Å². The second kappa shape index (κ2) is 5.44. The largest absolute Gasteiger partial charge is 0.328 e. The van der Waals surface area contributed by atoms with E-state index in [1.165, 1.54) is 0 Å². The second-order valence-corrected chi connectivity index (χ2v) is 5.22. The van der Waals surface area contributed by atoms with Gasteiger partial charge in [-0.3, -0.25) is 0 Å². The Kier molecular flexibility index (Phi) is 3.48. The molecule has 0 aliphatic carbocycles. The molecule has 1 heterocycles. The molecule has 0 aliphatic rings. The zero-order valence-electron chi connectivity index (χ0n) is 12.5. The summed E-state index contributed by atoms with van der Waals surface area (Å²) in [6, 6.07) is 19.7. The average Bonchev–Trinajstić information content (AvgIpc) is 2.96. The molecule has 3 nitrogen and oxygen atoms in total. The molecule has 0 unspecified atom stereocenters. The minimum absolute atomic E-state index is 0.920. The number of hydrogen-bond acceptors (Lipinski definition) is 2. The lowest BCUT2D eigenvalue weighted by atomic mass is 10.1. The van der Waals surface area contributed by atoms with Crippen molar-refractivity contribution in [2.24, 2.45) is 0 Å². The van der Waals surface area contributed by atoms with Crippen molar-refractivity contribution < 1.29 is 0 Å². The third kappa shape index (κ3) is 2.82. The van der Waals surface area contributed by atoms with E-state index in [1.54, 1.807) is 0 Å². The van der Waals surface area contributed by atoms with Crippen molar-refractivity contribution in [2.45, 2.75) is 13.8 Å². The molecular weight excluding hydrogens is 258 g/mol. The maximum Gasteiger partial charge on any atom is 0.155 e. The highest BCUT2D eigenvalue weighted by atomic mass is 15.3. The summed E-state index contributed by atoms with van der Waals surface area (Å²) in [5.74, 6) is 0.920. The van der Waals surface area contributed by atoms with Crippen LogP contribution in [0.4, 0.5) is 11.5 Å². The number of benzene rings is 2. The van der Waals surface area contributed by atoms with Gasteiger partial charge in [0.15, 0.2) is 5.82 Å². The van der Waals surface area contributed by atoms with Crippen LogP contribution in [0.25, 0.3) is 5.69 Å². The van der Waals surface area contributed by atoms with Crippen molar-refractivity contribution in [1.29, 1.82) is 0 Å². The van der Waals surface area contributed by atoms with Crippen LogP contribution in [0.5, 0.6) is 0 Å². The number of nitrogens with zero attached hydrogens (tertiary/aromatic N) is 3. The molecule has 105 valence electrons. The van der Waals surface area contributed by atoms with Gasteiger partial charge in [0.05, 0.1) is 5.69 Å². The van der Waals surface area contributed by atoms with Gasteiger partial charge in [0.25, 0.3) is 0 Å². The third-order valence-corrected chi connectivity index (χ3v) is 3.45. The van der Waals surface area contributed by atoms with Gasteiger partial charge in [-0.15, -0.1) is 5.10 Å². The first-order valence-electron chi connectivity index (χ1n) is 6.99. The molecule has 0 saturated heterocycles. The summed E-state index contributed by atoms with van der Waals surface area (Å²) in [5.41, 5.74) is 4.46. The Balaban J connectivity index is 1.92. The maximum atomic E-state index is 4.65. The molecule has 3 rings (SSSR count). The van der Waals surface area contributed by atoms with Crippen LogP contribution in [0.1, 0.15) is 11.1 Å². The topological polar surface area (TPSA) is 21.1 Å². The number of rotatable bonds is 3. The molecule has 0 bridgehead atoms. The van der Waals surface area contributed by atoms with Gasteiger partial charge in [0.2, 0.25) is 0 Å². The third-order valence-electron chi connectivity index (χ3n) is 3.45. The number of aromatic nitrogens is 2. The van der Waals surface area contributed by atoms with Gasteiger partial charge < -0.3 is 4.90 Å². The molecular formula is C18H18N3. The summed E-state index contributed by atoms with van der Waals surface area (Å²) in [6.45, 7) is 4.12. The van der Waals surface area contributed by atoms with E-state index in [1.807, 2.05) is 54.3 Å². The normalized spacial score (nSPS) is 10.6. The number of hydrogen-bond donors (Lipinski definition) is 0. The number of anilines is 2. The van der Waals surface area contributed by atoms with Crippen LogP contribution in [-0.4, -0.2) is 16.8 Å². The fraction of sp³-hybridized carbons (Fsp3) is 0.167. The first-order chi connectivity index (χ1) is 10.1. The summed E-state index contributed by atoms with van der Waals surface area (Å²) in [4.78, 5) is 2.09. The first kappa shape index (κ1) is 13.4. The molecule has 0 atom stereocenters. The Bertz CT molecular complexity index is 724. The zero-order chi connectivity index (χ0) is 14.8. The summed E-state index contributed by atoms with van der Waals surface area (Å²) < 4.78 is 1.89. The fourth-order valence-corrected chi connectivity index (χ4v) is 2.41. The molecule has 0 aliphatic heterocycles. The van der Waals surface area contributed by atoms with Gasteiger partial charge in [-0.25, -0.2) is 4.68 Å². The predicted molar refractivity (Wildman–Crippen MR) is 86.4 cm³/mol. The van der Waals surface area contributed by atoms with Gasteiger partial charge in [0.1, 0.15) is 0 Å². The summed E-state index contributed by atoms with van der Waals surface area (Å²) in [7, 11) is 2.03. The SMILES string of the molecule is Cc1[c]c(C)cc(N(C)c2ccn(-c3ccccc3)n2)c1. The molecule has 1 aromatic heterocycles. The highest BCUT2D eigenvalue weighted by Crippen LogP contribution is 2.24. The number of para-hydroxylation sites is 1. The Hall–Kier alpha value is -2.55. The Morgan fingerprint density at radius 1 is 1.00 bits per heavy atom. The summed E-state index contributed by atoms with van der Waals surface area (Å²) in [5, 5.41) is 4.65. The van der Waals surface area contributed by atoms with E-state index in [0.717, 1.165) is 28.3 Å². The molecule has 21 heavy (non-hydrogen) atoms. The van der Waals surface area contributed by atoms with Crippen molar-refractivity contribution in [3.05, 3.63) is 71.9 Å². The van der Waals surface area contributed by atoms with Crippen molar-refractivity contribution in [1.82, 2.24) is 9.78 Å². The minimum Gasteiger partial charge on any atom is -0.328 e. The van der Waals surface area contributed by atoms with Crippen molar-refractivity contribution >= 4 is 11.5 Å². The Morgan fingerprint density at radius 3 is 2.33 bits per heavy atom. The van der Waals surface area contributed by atoms with E-state index in [9.17, 15) is 0 Å². The molecule has 0 amide bonds. The molecule has 0 fully saturated rings. The van der Waals surface area contributed by atoms with E-state index in [2.05, 4.69) is 42.0 Å². The lowest BCUT2D eigenvalue weighted by Gasteiger charge is -2.17. The van der Waals surface area contributed by atoms with Crippen molar-refractivity contribution in [2.75, 3.05) is 11.9 Å². The van der Waals surface area contributed by atoms with E-state index in [-0.39, 0.29) is 0 Å². The lowest BCUT2D eigenvalue weighted by Crippen LogP contribution is -2.11. The van der Waals surface area contributed by atoms with Crippen molar-refractivity contribution in [3.63, 3.8) is 0 Å². The van der Waals surface area contributed by atoms with Crippen LogP contribution in [0.15, 0.2) is 54.7 Å². The zero-order valence-corrected chi connectivity index (χ0v) is 12.5. The van der Waals surface area contributed by atoms with Crippen molar-refractivity contribution in [3.8, 4) is 5.69 Å². The molecule has 3 aromatic rings. The fourth-order valence-electron chi connectivity index (χ4n) is 2.41. The van der Waals surface area contributed by atoms with Gasteiger partial charge in [-0.05, 0) is 55.3 Å². The van der Waals surface area contributed by atoms with Crippen LogP contribution < -0.4 is 4.90 Å². The number of aryl methyl sites for hydroxylation is 2. The predicted octanol–water partition coefficient (Wildman–Crippen LogP) is 4.06. The smallest absolute Gasteiger partial charge is 0.155 e. The molecule has 0 spiro atoms. The van der Waals surface area contributed by atoms with E-state index in [0.29, 0.717) is 0 Å². The van der Waals surface area contributed by atoms with Gasteiger partial charge >= 0.3 is 0 Å². The van der Waals surface area contributed by atoms with E-state index < -0.39 is 0 Å². The minimum atomic E-state index is 0.920. The highest BCUT2D eigenvalue weighted by molar-refractivity contribution is 5.60. The summed E-state index contributed by atoms with van der Waals surface area (Å²) in [6.07, 6.45) is 1.98. The monoisotopic (exact) mass is 276 g/mol. The molecule has 3 heteroatoms. The second-order valence-electron chi connectivity index (χ2n) is 5.22. The standard InChI is InChI=1S/C18H18N3/c1-14-11-15(2)13-17(12-14)20(3)18-9-10-21(19-18)16-7-5-4-6-8-16/h4-10,12-13H,1-3H3. The molecule has 0 saturated carbocycles. The average molecular weight is 276 g/mol.